The lowest BCUT2D eigenvalue weighted by molar-refractivity contribution is -0.140. The van der Waals surface area contributed by atoms with Gasteiger partial charge in [-0.1, -0.05) is 54.6 Å². The number of benzene rings is 3. The zero-order valence-corrected chi connectivity index (χ0v) is 20.6. The first-order chi connectivity index (χ1) is 17.0. The molecule has 7 heteroatoms. The van der Waals surface area contributed by atoms with E-state index in [4.69, 9.17) is 14.2 Å². The molecule has 3 rings (SSSR count). The van der Waals surface area contributed by atoms with Gasteiger partial charge in [0.1, 0.15) is 11.8 Å². The molecule has 0 unspecified atom stereocenters. The predicted molar refractivity (Wildman–Crippen MR) is 135 cm³/mol. The number of nitrogens with one attached hydrogen (secondary N) is 1. The van der Waals surface area contributed by atoms with Gasteiger partial charge < -0.3 is 24.4 Å². The summed E-state index contributed by atoms with van der Waals surface area (Å²) in [4.78, 5) is 28.2. The summed E-state index contributed by atoms with van der Waals surface area (Å²) in [5.41, 5.74) is 2.58. The number of hydrogen-bond acceptors (Lipinski definition) is 5. The van der Waals surface area contributed by atoms with Gasteiger partial charge in [0.05, 0.1) is 27.8 Å². The van der Waals surface area contributed by atoms with Gasteiger partial charge >= 0.3 is 0 Å². The molecule has 35 heavy (non-hydrogen) atoms. The van der Waals surface area contributed by atoms with E-state index in [2.05, 4.69) is 5.32 Å². The van der Waals surface area contributed by atoms with E-state index in [1.54, 1.807) is 45.3 Å². The molecule has 0 saturated heterocycles. The van der Waals surface area contributed by atoms with Crippen LogP contribution in [0.15, 0.2) is 72.8 Å². The first-order valence-electron chi connectivity index (χ1n) is 11.4. The molecule has 0 aliphatic heterocycles. The number of methoxy groups -OCH3 is 3. The topological polar surface area (TPSA) is 77.1 Å². The molecule has 0 bridgehead atoms. The molecule has 184 valence electrons. The Bertz CT molecular complexity index is 1130. The number of rotatable bonds is 11. The summed E-state index contributed by atoms with van der Waals surface area (Å²) in [5, 5.41) is 2.94. The molecule has 0 aromatic heterocycles. The number of carbonyl (C=O) groups is 2. The number of ether oxygens (including phenoxy) is 3. The Kier molecular flexibility index (Phi) is 9.12. The van der Waals surface area contributed by atoms with Crippen molar-refractivity contribution in [2.45, 2.75) is 32.5 Å². The van der Waals surface area contributed by atoms with E-state index in [1.165, 1.54) is 0 Å². The lowest BCUT2D eigenvalue weighted by Gasteiger charge is -2.29. The van der Waals surface area contributed by atoms with Crippen molar-refractivity contribution in [1.82, 2.24) is 10.2 Å². The molecule has 0 radical (unpaired) electrons. The first-order valence-corrected chi connectivity index (χ1v) is 11.4. The maximum atomic E-state index is 13.4. The van der Waals surface area contributed by atoms with E-state index in [1.807, 2.05) is 60.7 Å². The van der Waals surface area contributed by atoms with Crippen LogP contribution >= 0.6 is 0 Å². The summed E-state index contributed by atoms with van der Waals surface area (Å²) in [6.07, 6.45) is 0.122. The molecule has 0 aliphatic carbocycles. The van der Waals surface area contributed by atoms with Crippen LogP contribution in [0.1, 0.15) is 23.6 Å². The van der Waals surface area contributed by atoms with Crippen LogP contribution in [0, 0.1) is 0 Å². The number of carbonyl (C=O) groups excluding carboxylic acids is 2. The van der Waals surface area contributed by atoms with Crippen molar-refractivity contribution >= 4 is 11.8 Å². The maximum absolute atomic E-state index is 13.4. The second-order valence-electron chi connectivity index (χ2n) is 8.08. The Labute approximate surface area is 206 Å². The highest BCUT2D eigenvalue weighted by Crippen LogP contribution is 2.28. The first kappa shape index (κ1) is 25.6. The van der Waals surface area contributed by atoms with Gasteiger partial charge in [-0.05, 0) is 36.2 Å². The van der Waals surface area contributed by atoms with Crippen molar-refractivity contribution in [2.75, 3.05) is 21.3 Å². The predicted octanol–water partition coefficient (Wildman–Crippen LogP) is 3.99. The van der Waals surface area contributed by atoms with Crippen LogP contribution < -0.4 is 19.5 Å². The third-order valence-corrected chi connectivity index (χ3v) is 5.81. The molecule has 2 amide bonds. The number of hydrogen-bond donors (Lipinski definition) is 1. The highest BCUT2D eigenvalue weighted by atomic mass is 16.5. The van der Waals surface area contributed by atoms with Crippen LogP contribution in [0.4, 0.5) is 0 Å². The molecule has 0 heterocycles. The van der Waals surface area contributed by atoms with Crippen molar-refractivity contribution in [3.05, 3.63) is 89.5 Å². The van der Waals surface area contributed by atoms with Crippen LogP contribution in [-0.2, 0) is 29.1 Å². The summed E-state index contributed by atoms with van der Waals surface area (Å²) in [7, 11) is 4.71. The minimum absolute atomic E-state index is 0.122. The number of amides is 2. The summed E-state index contributed by atoms with van der Waals surface area (Å²) in [6, 6.07) is 21.8. The molecule has 0 aliphatic rings. The number of para-hydroxylation sites is 1. The van der Waals surface area contributed by atoms with Gasteiger partial charge in [0.15, 0.2) is 11.5 Å². The van der Waals surface area contributed by atoms with Crippen LogP contribution in [0.3, 0.4) is 0 Å². The van der Waals surface area contributed by atoms with Gasteiger partial charge in [-0.3, -0.25) is 9.59 Å². The van der Waals surface area contributed by atoms with E-state index in [0.29, 0.717) is 30.3 Å². The second kappa shape index (κ2) is 12.5. The third-order valence-electron chi connectivity index (χ3n) is 5.81. The minimum atomic E-state index is -0.683. The number of nitrogens with zero attached hydrogens (tertiary/aromatic N) is 1. The van der Waals surface area contributed by atoms with E-state index in [9.17, 15) is 9.59 Å². The fraction of sp³-hybridized carbons (Fsp3) is 0.286. The average molecular weight is 477 g/mol. The lowest BCUT2D eigenvalue weighted by Crippen LogP contribution is -2.48. The molecule has 0 fully saturated rings. The van der Waals surface area contributed by atoms with Crippen molar-refractivity contribution in [3.63, 3.8) is 0 Å². The zero-order valence-electron chi connectivity index (χ0n) is 20.6. The SMILES string of the molecule is COc1ccccc1CNC(=O)[C@@H](C)N(Cc1ccccc1)C(=O)Cc1ccc(OC)c(OC)c1. The maximum Gasteiger partial charge on any atom is 0.242 e. The molecule has 3 aromatic carbocycles. The molecule has 1 atom stereocenters. The molecule has 0 spiro atoms. The van der Waals surface area contributed by atoms with Crippen molar-refractivity contribution in [3.8, 4) is 17.2 Å². The molecule has 7 nitrogen and oxygen atoms in total. The van der Waals surface area contributed by atoms with Gasteiger partial charge in [0.2, 0.25) is 11.8 Å². The smallest absolute Gasteiger partial charge is 0.242 e. The molecule has 0 saturated carbocycles. The Morgan fingerprint density at radius 1 is 0.800 bits per heavy atom. The Hall–Kier alpha value is -4.00. The molecular formula is C28H32N2O5. The van der Waals surface area contributed by atoms with E-state index in [0.717, 1.165) is 16.7 Å². The van der Waals surface area contributed by atoms with Crippen LogP contribution in [0.25, 0.3) is 0 Å². The van der Waals surface area contributed by atoms with Crippen LogP contribution in [0.2, 0.25) is 0 Å². The molecular weight excluding hydrogens is 444 g/mol. The third kappa shape index (κ3) is 6.76. The van der Waals surface area contributed by atoms with Crippen molar-refractivity contribution in [2.24, 2.45) is 0 Å². The summed E-state index contributed by atoms with van der Waals surface area (Å²) in [5.74, 6) is 1.43. The van der Waals surface area contributed by atoms with Gasteiger partial charge in [-0.25, -0.2) is 0 Å². The fourth-order valence-corrected chi connectivity index (χ4v) is 3.81. The van der Waals surface area contributed by atoms with E-state index in [-0.39, 0.29) is 18.2 Å². The standard InChI is InChI=1S/C28H32N2O5/c1-20(28(32)29-18-23-12-8-9-13-24(23)33-2)30(19-21-10-6-5-7-11-21)27(31)17-22-14-15-25(34-3)26(16-22)35-4/h5-16,20H,17-19H2,1-4H3,(H,29,32)/t20-/m1/s1. The monoisotopic (exact) mass is 476 g/mol. The van der Waals surface area contributed by atoms with Crippen LogP contribution in [0.5, 0.6) is 17.2 Å². The van der Waals surface area contributed by atoms with Crippen molar-refractivity contribution in [1.29, 1.82) is 0 Å². The quantitative estimate of drug-likeness (QED) is 0.453. The highest BCUT2D eigenvalue weighted by Gasteiger charge is 2.26. The summed E-state index contributed by atoms with van der Waals surface area (Å²) < 4.78 is 16.0. The average Bonchev–Trinajstić information content (AvgIpc) is 2.90. The fourth-order valence-electron chi connectivity index (χ4n) is 3.81. The van der Waals surface area contributed by atoms with Crippen LogP contribution in [-0.4, -0.2) is 44.1 Å². The van der Waals surface area contributed by atoms with Gasteiger partial charge in [0.25, 0.3) is 0 Å². The van der Waals surface area contributed by atoms with Gasteiger partial charge in [0, 0.05) is 18.7 Å². The summed E-state index contributed by atoms with van der Waals surface area (Å²) >= 11 is 0. The zero-order chi connectivity index (χ0) is 25.2. The summed E-state index contributed by atoms with van der Waals surface area (Å²) in [6.45, 7) is 2.36. The highest BCUT2D eigenvalue weighted by molar-refractivity contribution is 5.88. The molecule has 1 N–H and O–H groups in total. The normalized spacial score (nSPS) is 11.3. The van der Waals surface area contributed by atoms with E-state index < -0.39 is 6.04 Å². The second-order valence-corrected chi connectivity index (χ2v) is 8.08. The Morgan fingerprint density at radius 2 is 1.46 bits per heavy atom. The molecule has 3 aromatic rings. The van der Waals surface area contributed by atoms with Gasteiger partial charge in [-0.15, -0.1) is 0 Å². The van der Waals surface area contributed by atoms with Gasteiger partial charge in [-0.2, -0.15) is 0 Å². The Morgan fingerprint density at radius 3 is 2.14 bits per heavy atom. The van der Waals surface area contributed by atoms with Crippen molar-refractivity contribution < 1.29 is 23.8 Å². The minimum Gasteiger partial charge on any atom is -0.496 e. The largest absolute Gasteiger partial charge is 0.496 e. The lowest BCUT2D eigenvalue weighted by atomic mass is 10.1. The Balaban J connectivity index is 1.77. The van der Waals surface area contributed by atoms with E-state index >= 15 is 0 Å².